The maximum atomic E-state index is 12.9. The average molecular weight is 1280 g/mol. The first-order chi connectivity index (χ1) is 35.9. The molecule has 0 unspecified atom stereocenters. The minimum absolute atomic E-state index is 0. The van der Waals surface area contributed by atoms with Gasteiger partial charge in [-0.15, -0.1) is 0 Å². The van der Waals surface area contributed by atoms with E-state index in [1.807, 2.05) is 97.1 Å². The first-order valence-corrected chi connectivity index (χ1v) is 22.5. The van der Waals surface area contributed by atoms with Crippen molar-refractivity contribution < 1.29 is 107 Å². The van der Waals surface area contributed by atoms with Crippen molar-refractivity contribution in [3.63, 3.8) is 0 Å². The summed E-state index contributed by atoms with van der Waals surface area (Å²) in [5.74, 6) is -30.3. The number of alkyl halides is 14. The Labute approximate surface area is 455 Å². The molecule has 0 atom stereocenters. The Hall–Kier alpha value is -7.45. The Bertz CT molecular complexity index is 3350. The van der Waals surface area contributed by atoms with Crippen LogP contribution in [0, 0.1) is 10.8 Å². The van der Waals surface area contributed by atoms with Crippen molar-refractivity contribution in [2.24, 2.45) is 10.8 Å². The number of aliphatic hydroxyl groups is 2. The average Bonchev–Trinajstić information content (AvgIpc) is 4.17. The normalized spacial score (nSPS) is 13.6. The molecule has 4 aromatic carbocycles. The van der Waals surface area contributed by atoms with Crippen molar-refractivity contribution >= 4 is 55.7 Å². The standard InChI is InChI=1S/C32H16N8.2C10H11F7O2.Hf/c1-2-10-18-17(9-1)25-33-26(18)38-28-21-13-5-6-14-22(21)30(35-28)40-32-24-16-8-7-15-23(24)31(36-32)39-29-20-12-4-3-11-19(20)27(34-29)37-25;2*1-7(2,3)5(18)4-6(19)8(11,12)9(13,14)10(15,16)17;/h1-16H;2*4,19H,1-3H3;/q-2;;;. The molecule has 2 aliphatic heterocycles. The molecule has 0 spiro atoms. The number of aromatic nitrogens is 8. The molecule has 0 amide bonds. The SMILES string of the molecule is CC(C)(C)C(=O)C=C(O)C(F)(F)C(F)(F)C(F)(F)F.CC(C)(C)C(=O)C=C(O)C(F)(F)C(F)(F)C(F)(F)F.[Hf].c1ccc2c(c1)-c1nc-2nc2[n-]c(nc3nc(nc4[n-]c(n1)c1ccccc41)-c1ccccc1-3)c1ccccc21. The summed E-state index contributed by atoms with van der Waals surface area (Å²) in [6, 6.07) is 31.8. The van der Waals surface area contributed by atoms with E-state index in [1.54, 1.807) is 0 Å². The molecule has 12 nitrogen and oxygen atoms in total. The summed E-state index contributed by atoms with van der Waals surface area (Å²) in [7, 11) is 0. The van der Waals surface area contributed by atoms with Crippen molar-refractivity contribution in [1.29, 1.82) is 0 Å². The van der Waals surface area contributed by atoms with Crippen molar-refractivity contribution in [3.05, 3.63) is 121 Å². The number of hydrogen-bond acceptors (Lipinski definition) is 10. The summed E-state index contributed by atoms with van der Waals surface area (Å²) in [5.41, 5.74) is 3.14. The second-order valence-electron chi connectivity index (χ2n) is 19.2. The molecule has 2 N–H and O–H groups in total. The van der Waals surface area contributed by atoms with Crippen LogP contribution in [0.3, 0.4) is 0 Å². The number of fused-ring (bicyclic) bond motifs is 20. The second-order valence-corrected chi connectivity index (χ2v) is 19.2. The quantitative estimate of drug-likeness (QED) is 0.0697. The first kappa shape index (κ1) is 60.8. The first-order valence-electron chi connectivity index (χ1n) is 22.5. The number of aliphatic hydroxyl groups excluding tert-OH is 2. The van der Waals surface area contributed by atoms with Gasteiger partial charge in [-0.2, -0.15) is 61.5 Å². The number of carbonyl (C=O) groups is 2. The number of nitrogens with zero attached hydrogens (tertiary/aromatic N) is 8. The van der Waals surface area contributed by atoms with Crippen LogP contribution in [0.5, 0.6) is 0 Å². The van der Waals surface area contributed by atoms with Gasteiger partial charge in [0.1, 0.15) is 0 Å². The van der Waals surface area contributed by atoms with E-state index in [2.05, 4.69) is 0 Å². The van der Waals surface area contributed by atoms with Crippen molar-refractivity contribution in [2.45, 2.75) is 77.6 Å². The van der Waals surface area contributed by atoms with E-state index in [0.717, 1.165) is 43.8 Å². The Kier molecular flexibility index (Phi) is 16.4. The third-order valence-electron chi connectivity index (χ3n) is 11.5. The summed E-state index contributed by atoms with van der Waals surface area (Å²) in [4.78, 5) is 61.7. The molecule has 0 saturated heterocycles. The van der Waals surface area contributed by atoms with Gasteiger partial charge in [0.15, 0.2) is 23.1 Å². The molecule has 8 bridgehead atoms. The van der Waals surface area contributed by atoms with Gasteiger partial charge in [-0.05, 0) is 21.5 Å². The van der Waals surface area contributed by atoms with E-state index >= 15 is 0 Å². The van der Waals surface area contributed by atoms with Gasteiger partial charge in [-0.25, -0.2) is 9.97 Å². The molecule has 0 aliphatic carbocycles. The van der Waals surface area contributed by atoms with Gasteiger partial charge in [-0.3, -0.25) is 9.59 Å². The largest absolute Gasteiger partial charge is 0.506 e. The molecule has 27 heteroatoms. The fraction of sp³-hybridized carbons (Fsp3) is 0.269. The van der Waals surface area contributed by atoms with Crippen LogP contribution in [0.2, 0.25) is 0 Å². The summed E-state index contributed by atoms with van der Waals surface area (Å²) in [5, 5.41) is 21.0. The van der Waals surface area contributed by atoms with E-state index in [9.17, 15) is 71.1 Å². The third kappa shape index (κ3) is 11.7. The van der Waals surface area contributed by atoms with Crippen LogP contribution in [0.4, 0.5) is 61.5 Å². The van der Waals surface area contributed by atoms with Crippen LogP contribution in [0.1, 0.15) is 41.5 Å². The second kappa shape index (κ2) is 21.3. The smallest absolute Gasteiger partial charge is 0.460 e. The molecular formula is C52H38F14HfN8O4-2. The van der Waals surface area contributed by atoms with Crippen molar-refractivity contribution in [2.75, 3.05) is 0 Å². The van der Waals surface area contributed by atoms with E-state index in [1.165, 1.54) is 41.5 Å². The maximum absolute atomic E-state index is 12.9. The Morgan fingerprint density at radius 3 is 0.810 bits per heavy atom. The molecule has 0 saturated carbocycles. The molecular weight excluding hydrogens is 1250 g/mol. The monoisotopic (exact) mass is 1280 g/mol. The molecule has 9 rings (SSSR count). The summed E-state index contributed by atoms with van der Waals surface area (Å²) in [6.45, 7) is 7.24. The maximum Gasteiger partial charge on any atom is 0.460 e. The molecule has 7 aromatic rings. The number of carbonyl (C=O) groups excluding carboxylic acids is 2. The van der Waals surface area contributed by atoms with Gasteiger partial charge in [0.2, 0.25) is 0 Å². The van der Waals surface area contributed by atoms with Gasteiger partial charge >= 0.3 is 36.0 Å². The van der Waals surface area contributed by atoms with Crippen LogP contribution in [0.25, 0.3) is 89.7 Å². The molecule has 3 aromatic heterocycles. The van der Waals surface area contributed by atoms with Crippen LogP contribution >= 0.6 is 0 Å². The predicted octanol–water partition coefficient (Wildman–Crippen LogP) is 13.9. The fourth-order valence-corrected chi connectivity index (χ4v) is 7.00. The Morgan fingerprint density at radius 1 is 0.392 bits per heavy atom. The number of benzene rings is 4. The van der Waals surface area contributed by atoms with Crippen LogP contribution in [-0.2, 0) is 35.4 Å². The summed E-state index contributed by atoms with van der Waals surface area (Å²) < 4.78 is 173. The zero-order valence-electron chi connectivity index (χ0n) is 41.5. The van der Waals surface area contributed by atoms with E-state index in [-0.39, 0.29) is 38.0 Å². The van der Waals surface area contributed by atoms with Crippen molar-refractivity contribution in [3.8, 4) is 45.6 Å². The minimum atomic E-state index is -6.57. The van der Waals surface area contributed by atoms with E-state index in [0.29, 0.717) is 45.9 Å². The number of halogens is 14. The fourth-order valence-electron chi connectivity index (χ4n) is 7.00. The van der Waals surface area contributed by atoms with Gasteiger partial charge in [0.05, 0.1) is 23.3 Å². The van der Waals surface area contributed by atoms with Crippen LogP contribution < -0.4 is 9.97 Å². The Morgan fingerprint density at radius 2 is 0.608 bits per heavy atom. The number of rotatable bonds is 6. The molecule has 79 heavy (non-hydrogen) atoms. The van der Waals surface area contributed by atoms with Gasteiger partial charge in [-0.1, -0.05) is 139 Å². The number of allylic oxidation sites excluding steroid dienone is 4. The topological polar surface area (TPSA) is 180 Å². The molecule has 2 aliphatic rings. The van der Waals surface area contributed by atoms with Gasteiger partial charge < -0.3 is 40.1 Å². The molecule has 0 radical (unpaired) electrons. The molecule has 0 fully saturated rings. The summed E-state index contributed by atoms with van der Waals surface area (Å²) >= 11 is 0. The van der Waals surface area contributed by atoms with Crippen LogP contribution in [0.15, 0.2) is 121 Å². The van der Waals surface area contributed by atoms with Gasteiger partial charge in [0, 0.05) is 93.7 Å². The van der Waals surface area contributed by atoms with Crippen molar-refractivity contribution in [1.82, 2.24) is 39.9 Å². The Balaban J connectivity index is 0.000000220. The number of hydrogen-bond donors (Lipinski definition) is 2. The molecule has 5 heterocycles. The van der Waals surface area contributed by atoms with Crippen LogP contribution in [-0.4, -0.2) is 87.7 Å². The minimum Gasteiger partial charge on any atom is -0.506 e. The van der Waals surface area contributed by atoms with Gasteiger partial charge in [0.25, 0.3) is 0 Å². The number of ketones is 2. The zero-order chi connectivity index (χ0) is 57.9. The predicted molar refractivity (Wildman–Crippen MR) is 256 cm³/mol. The van der Waals surface area contributed by atoms with E-state index < -0.39 is 70.0 Å². The summed E-state index contributed by atoms with van der Waals surface area (Å²) in [6.07, 6.45) is -13.8. The zero-order valence-corrected chi connectivity index (χ0v) is 45.1. The molecule has 414 valence electrons. The van der Waals surface area contributed by atoms with E-state index in [4.69, 9.17) is 50.1 Å². The third-order valence-corrected chi connectivity index (χ3v) is 11.5.